The molecule has 0 aliphatic carbocycles. The third-order valence-electron chi connectivity index (χ3n) is 1.98. The van der Waals surface area contributed by atoms with E-state index in [9.17, 15) is 4.39 Å². The van der Waals surface area contributed by atoms with Crippen molar-refractivity contribution in [2.45, 2.75) is 19.5 Å². The number of benzene rings is 1. The van der Waals surface area contributed by atoms with E-state index < -0.39 is 0 Å². The first-order chi connectivity index (χ1) is 6.72. The van der Waals surface area contributed by atoms with Crippen LogP contribution in [0, 0.1) is 5.82 Å². The normalized spacial score (nSPS) is 11.9. The molecule has 1 aromatic carbocycles. The molecule has 0 saturated heterocycles. The van der Waals surface area contributed by atoms with Crippen LogP contribution in [0.15, 0.2) is 24.3 Å². The van der Waals surface area contributed by atoms with Crippen LogP contribution >= 0.6 is 12.4 Å². The largest absolute Gasteiger partial charge is 0.383 e. The average Bonchev–Trinajstić information content (AvgIpc) is 2.17. The van der Waals surface area contributed by atoms with Gasteiger partial charge in [-0.2, -0.15) is 0 Å². The van der Waals surface area contributed by atoms with Gasteiger partial charge < -0.3 is 10.1 Å². The van der Waals surface area contributed by atoms with Gasteiger partial charge in [-0.05, 0) is 24.6 Å². The topological polar surface area (TPSA) is 21.3 Å². The predicted octanol–water partition coefficient (Wildman–Crippen LogP) is 2.37. The van der Waals surface area contributed by atoms with E-state index >= 15 is 0 Å². The summed E-state index contributed by atoms with van der Waals surface area (Å²) in [6, 6.07) is 6.81. The number of ether oxygens (including phenoxy) is 1. The minimum atomic E-state index is -0.196. The molecule has 0 aromatic heterocycles. The van der Waals surface area contributed by atoms with E-state index in [0.717, 1.165) is 12.1 Å². The van der Waals surface area contributed by atoms with Crippen LogP contribution < -0.4 is 5.32 Å². The Morgan fingerprint density at radius 2 is 1.93 bits per heavy atom. The Morgan fingerprint density at radius 3 is 2.47 bits per heavy atom. The van der Waals surface area contributed by atoms with Crippen molar-refractivity contribution in [3.05, 3.63) is 35.6 Å². The molecule has 1 atom stereocenters. The van der Waals surface area contributed by atoms with Gasteiger partial charge in [0.1, 0.15) is 5.82 Å². The zero-order valence-corrected chi connectivity index (χ0v) is 9.81. The van der Waals surface area contributed by atoms with Gasteiger partial charge in [0, 0.05) is 19.7 Å². The highest BCUT2D eigenvalue weighted by molar-refractivity contribution is 5.85. The van der Waals surface area contributed by atoms with Crippen molar-refractivity contribution in [2.24, 2.45) is 0 Å². The van der Waals surface area contributed by atoms with Gasteiger partial charge in [-0.15, -0.1) is 12.4 Å². The van der Waals surface area contributed by atoms with Crippen LogP contribution in [0.5, 0.6) is 0 Å². The molecule has 1 N–H and O–H groups in total. The standard InChI is InChI=1S/C11H16FNO.ClH/c1-9(8-14-2)13-7-10-3-5-11(12)6-4-10;/h3-6,9,13H,7-8H2,1-2H3;1H. The van der Waals surface area contributed by atoms with Crippen molar-refractivity contribution < 1.29 is 9.13 Å². The van der Waals surface area contributed by atoms with Gasteiger partial charge in [0.2, 0.25) is 0 Å². The van der Waals surface area contributed by atoms with E-state index in [0.29, 0.717) is 12.6 Å². The van der Waals surface area contributed by atoms with Crippen LogP contribution in [0.3, 0.4) is 0 Å². The quantitative estimate of drug-likeness (QED) is 0.843. The Morgan fingerprint density at radius 1 is 1.33 bits per heavy atom. The highest BCUT2D eigenvalue weighted by Crippen LogP contribution is 2.02. The molecule has 0 fully saturated rings. The third-order valence-corrected chi connectivity index (χ3v) is 1.98. The third kappa shape index (κ3) is 5.72. The molecule has 0 saturated carbocycles. The Bertz CT molecular complexity index is 266. The number of hydrogen-bond acceptors (Lipinski definition) is 2. The van der Waals surface area contributed by atoms with Crippen LogP contribution in [0.4, 0.5) is 4.39 Å². The fraction of sp³-hybridized carbons (Fsp3) is 0.455. The van der Waals surface area contributed by atoms with Crippen molar-refractivity contribution in [2.75, 3.05) is 13.7 Å². The van der Waals surface area contributed by atoms with E-state index in [4.69, 9.17) is 4.74 Å². The van der Waals surface area contributed by atoms with Gasteiger partial charge in [0.25, 0.3) is 0 Å². The van der Waals surface area contributed by atoms with Crippen LogP contribution in [-0.4, -0.2) is 19.8 Å². The van der Waals surface area contributed by atoms with Crippen LogP contribution in [0.1, 0.15) is 12.5 Å². The summed E-state index contributed by atoms with van der Waals surface area (Å²) in [7, 11) is 1.68. The van der Waals surface area contributed by atoms with Gasteiger partial charge in [-0.3, -0.25) is 0 Å². The Hall–Kier alpha value is -0.640. The Balaban J connectivity index is 0.00000196. The second-order valence-electron chi connectivity index (χ2n) is 3.36. The zero-order valence-electron chi connectivity index (χ0n) is 9.00. The molecule has 0 aliphatic heterocycles. The lowest BCUT2D eigenvalue weighted by Crippen LogP contribution is -2.29. The number of hydrogen-bond donors (Lipinski definition) is 1. The average molecular weight is 234 g/mol. The molecule has 0 aliphatic rings. The van der Waals surface area contributed by atoms with Crippen molar-refractivity contribution in [3.8, 4) is 0 Å². The first-order valence-corrected chi connectivity index (χ1v) is 4.69. The molecule has 1 rings (SSSR count). The van der Waals surface area contributed by atoms with Crippen LogP contribution in [-0.2, 0) is 11.3 Å². The first-order valence-electron chi connectivity index (χ1n) is 4.69. The second-order valence-corrected chi connectivity index (χ2v) is 3.36. The molecule has 0 heterocycles. The molecule has 1 aromatic rings. The Labute approximate surface area is 96.2 Å². The molecule has 1 unspecified atom stereocenters. The number of halogens is 2. The number of methoxy groups -OCH3 is 1. The molecular weight excluding hydrogens is 217 g/mol. The van der Waals surface area contributed by atoms with E-state index in [1.807, 2.05) is 6.92 Å². The predicted molar refractivity (Wildman–Crippen MR) is 61.8 cm³/mol. The SMILES string of the molecule is COCC(C)NCc1ccc(F)cc1.Cl. The van der Waals surface area contributed by atoms with Crippen molar-refractivity contribution in [3.63, 3.8) is 0 Å². The molecule has 0 amide bonds. The summed E-state index contributed by atoms with van der Waals surface area (Å²) >= 11 is 0. The van der Waals surface area contributed by atoms with Gasteiger partial charge >= 0.3 is 0 Å². The molecular formula is C11H17ClFNO. The molecule has 86 valence electrons. The molecule has 0 spiro atoms. The molecule has 15 heavy (non-hydrogen) atoms. The lowest BCUT2D eigenvalue weighted by atomic mass is 10.2. The summed E-state index contributed by atoms with van der Waals surface area (Å²) in [5.74, 6) is -0.196. The highest BCUT2D eigenvalue weighted by atomic mass is 35.5. The summed E-state index contributed by atoms with van der Waals surface area (Å²) in [5.41, 5.74) is 1.08. The van der Waals surface area contributed by atoms with Crippen molar-refractivity contribution >= 4 is 12.4 Å². The molecule has 4 heteroatoms. The van der Waals surface area contributed by atoms with Gasteiger partial charge in [0.05, 0.1) is 6.61 Å². The minimum absolute atomic E-state index is 0. The molecule has 0 bridgehead atoms. The fourth-order valence-electron chi connectivity index (χ4n) is 1.20. The van der Waals surface area contributed by atoms with E-state index in [-0.39, 0.29) is 18.2 Å². The summed E-state index contributed by atoms with van der Waals surface area (Å²) in [5, 5.41) is 3.27. The monoisotopic (exact) mass is 233 g/mol. The number of rotatable bonds is 5. The van der Waals surface area contributed by atoms with Crippen molar-refractivity contribution in [1.29, 1.82) is 0 Å². The summed E-state index contributed by atoms with van der Waals surface area (Å²) < 4.78 is 17.6. The second kappa shape index (κ2) is 7.63. The van der Waals surface area contributed by atoms with Gasteiger partial charge in [-0.1, -0.05) is 12.1 Å². The smallest absolute Gasteiger partial charge is 0.123 e. The van der Waals surface area contributed by atoms with Gasteiger partial charge in [0.15, 0.2) is 0 Å². The maximum Gasteiger partial charge on any atom is 0.123 e. The van der Waals surface area contributed by atoms with Crippen LogP contribution in [0.25, 0.3) is 0 Å². The lowest BCUT2D eigenvalue weighted by Gasteiger charge is -2.12. The molecule has 2 nitrogen and oxygen atoms in total. The summed E-state index contributed by atoms with van der Waals surface area (Å²) in [6.45, 7) is 3.47. The van der Waals surface area contributed by atoms with E-state index in [1.54, 1.807) is 19.2 Å². The minimum Gasteiger partial charge on any atom is -0.383 e. The maximum atomic E-state index is 12.6. The fourth-order valence-corrected chi connectivity index (χ4v) is 1.20. The summed E-state index contributed by atoms with van der Waals surface area (Å²) in [4.78, 5) is 0. The first kappa shape index (κ1) is 14.4. The number of nitrogens with one attached hydrogen (secondary N) is 1. The molecule has 0 radical (unpaired) electrons. The Kier molecular flexibility index (Phi) is 7.30. The van der Waals surface area contributed by atoms with Crippen LogP contribution in [0.2, 0.25) is 0 Å². The highest BCUT2D eigenvalue weighted by Gasteiger charge is 2.00. The van der Waals surface area contributed by atoms with E-state index in [1.165, 1.54) is 12.1 Å². The lowest BCUT2D eigenvalue weighted by molar-refractivity contribution is 0.171. The van der Waals surface area contributed by atoms with Gasteiger partial charge in [-0.25, -0.2) is 4.39 Å². The van der Waals surface area contributed by atoms with E-state index in [2.05, 4.69) is 5.32 Å². The summed E-state index contributed by atoms with van der Waals surface area (Å²) in [6.07, 6.45) is 0. The van der Waals surface area contributed by atoms with Crippen molar-refractivity contribution in [1.82, 2.24) is 5.32 Å². The zero-order chi connectivity index (χ0) is 10.4. The maximum absolute atomic E-state index is 12.6.